The summed E-state index contributed by atoms with van der Waals surface area (Å²) in [5.41, 5.74) is 2.94. The molecule has 1 radical (unpaired) electrons. The van der Waals surface area contributed by atoms with Crippen molar-refractivity contribution in [1.29, 1.82) is 0 Å². The van der Waals surface area contributed by atoms with Gasteiger partial charge in [-0.1, -0.05) is 0 Å². The van der Waals surface area contributed by atoms with Crippen LogP contribution in [0.3, 0.4) is 0 Å². The van der Waals surface area contributed by atoms with Gasteiger partial charge in [0, 0.05) is 61.1 Å². The van der Waals surface area contributed by atoms with Crippen LogP contribution >= 0.6 is 0 Å². The van der Waals surface area contributed by atoms with Crippen LogP contribution in [0.15, 0.2) is 49.2 Å². The SMILES string of the molecule is O=C(c1ccc(F)c(O)c1)N1CCC(N2C[C](n3cc(-c4ncnc5[nH]ccc45)cn3)C2)CC1. The largest absolute Gasteiger partial charge is 0.505 e. The van der Waals surface area contributed by atoms with Gasteiger partial charge >= 0.3 is 0 Å². The molecule has 34 heavy (non-hydrogen) atoms. The molecular weight excluding hydrogens is 437 g/mol. The molecule has 0 bridgehead atoms. The fraction of sp³-hybridized carbons (Fsp3) is 0.292. The molecule has 2 fully saturated rings. The van der Waals surface area contributed by atoms with Crippen molar-refractivity contribution >= 4 is 16.9 Å². The third-order valence-electron chi connectivity index (χ3n) is 6.77. The third kappa shape index (κ3) is 3.60. The lowest BCUT2D eigenvalue weighted by molar-refractivity contribution is 0.0514. The molecular formula is C24H23FN7O2. The van der Waals surface area contributed by atoms with Crippen LogP contribution in [0.25, 0.3) is 22.3 Å². The van der Waals surface area contributed by atoms with Gasteiger partial charge in [0.25, 0.3) is 5.91 Å². The smallest absolute Gasteiger partial charge is 0.253 e. The van der Waals surface area contributed by atoms with E-state index in [-0.39, 0.29) is 5.91 Å². The van der Waals surface area contributed by atoms with Crippen molar-refractivity contribution in [2.24, 2.45) is 0 Å². The number of carbonyl (C=O) groups excluding carboxylic acids is 1. The number of nitrogens with one attached hydrogen (secondary N) is 1. The molecule has 2 N–H and O–H groups in total. The van der Waals surface area contributed by atoms with E-state index in [0.29, 0.717) is 24.7 Å². The van der Waals surface area contributed by atoms with Crippen molar-refractivity contribution in [2.45, 2.75) is 18.9 Å². The summed E-state index contributed by atoms with van der Waals surface area (Å²) in [4.78, 5) is 28.7. The van der Waals surface area contributed by atoms with Gasteiger partial charge in [0.15, 0.2) is 11.6 Å². The molecule has 2 aliphatic rings. The Morgan fingerprint density at radius 2 is 1.97 bits per heavy atom. The van der Waals surface area contributed by atoms with E-state index in [9.17, 15) is 14.3 Å². The number of likely N-dealkylation sites (tertiary alicyclic amines) is 2. The number of nitrogens with zero attached hydrogens (tertiary/aromatic N) is 6. The molecule has 3 aromatic heterocycles. The molecule has 6 rings (SSSR count). The highest BCUT2D eigenvalue weighted by Gasteiger charge is 2.37. The Balaban J connectivity index is 1.05. The summed E-state index contributed by atoms with van der Waals surface area (Å²) in [6, 6.07) is 7.34. The van der Waals surface area contributed by atoms with Gasteiger partial charge in [0.2, 0.25) is 0 Å². The van der Waals surface area contributed by atoms with Gasteiger partial charge in [-0.2, -0.15) is 5.10 Å². The van der Waals surface area contributed by atoms with Crippen molar-refractivity contribution in [1.82, 2.24) is 34.5 Å². The first kappa shape index (κ1) is 20.8. The molecule has 10 heteroatoms. The van der Waals surface area contributed by atoms with Crippen molar-refractivity contribution in [3.05, 3.63) is 66.6 Å². The zero-order valence-corrected chi connectivity index (χ0v) is 18.4. The zero-order chi connectivity index (χ0) is 23.2. The first-order valence-electron chi connectivity index (χ1n) is 11.3. The topological polar surface area (TPSA) is 103 Å². The number of hydrogen-bond donors (Lipinski definition) is 2. The van der Waals surface area contributed by atoms with E-state index in [1.807, 2.05) is 29.3 Å². The van der Waals surface area contributed by atoms with Crippen molar-refractivity contribution in [3.63, 3.8) is 0 Å². The average molecular weight is 460 g/mol. The van der Waals surface area contributed by atoms with Gasteiger partial charge in [-0.05, 0) is 37.1 Å². The molecule has 2 aliphatic heterocycles. The number of carbonyl (C=O) groups is 1. The van der Waals surface area contributed by atoms with Crippen LogP contribution in [0.1, 0.15) is 23.2 Å². The summed E-state index contributed by atoms with van der Waals surface area (Å²) >= 11 is 0. The van der Waals surface area contributed by atoms with Gasteiger partial charge in [0.05, 0.1) is 11.9 Å². The number of halogens is 1. The number of fused-ring (bicyclic) bond motifs is 1. The molecule has 0 aliphatic carbocycles. The van der Waals surface area contributed by atoms with Crippen LogP contribution in [0.5, 0.6) is 5.75 Å². The quantitative estimate of drug-likeness (QED) is 0.485. The Hall–Kier alpha value is -3.79. The molecule has 1 amide bonds. The molecule has 0 saturated carbocycles. The van der Waals surface area contributed by atoms with E-state index in [1.54, 1.807) is 11.2 Å². The van der Waals surface area contributed by atoms with E-state index in [1.165, 1.54) is 18.2 Å². The minimum absolute atomic E-state index is 0.171. The summed E-state index contributed by atoms with van der Waals surface area (Å²) in [5, 5.41) is 15.1. The van der Waals surface area contributed by atoms with Crippen molar-refractivity contribution < 1.29 is 14.3 Å². The molecule has 0 atom stereocenters. The number of aromatic hydroxyl groups is 1. The van der Waals surface area contributed by atoms with Gasteiger partial charge in [-0.25, -0.2) is 14.4 Å². The summed E-state index contributed by atoms with van der Waals surface area (Å²) < 4.78 is 15.2. The average Bonchev–Trinajstić information content (AvgIpc) is 3.50. The summed E-state index contributed by atoms with van der Waals surface area (Å²) in [6.07, 6.45) is 9.02. The Kier molecular flexibility index (Phi) is 5.02. The number of H-pyrrole nitrogens is 1. The molecule has 5 heterocycles. The maximum absolute atomic E-state index is 13.3. The monoisotopic (exact) mass is 460 g/mol. The van der Waals surface area contributed by atoms with Crippen LogP contribution in [0.2, 0.25) is 0 Å². The lowest BCUT2D eigenvalue weighted by Gasteiger charge is -2.46. The van der Waals surface area contributed by atoms with E-state index >= 15 is 0 Å². The second-order valence-electron chi connectivity index (χ2n) is 8.80. The Morgan fingerprint density at radius 3 is 2.76 bits per heavy atom. The Bertz CT molecular complexity index is 1350. The number of amides is 1. The van der Waals surface area contributed by atoms with Crippen molar-refractivity contribution in [3.8, 4) is 17.0 Å². The summed E-state index contributed by atoms with van der Waals surface area (Å²) in [6.45, 7) is 2.96. The maximum atomic E-state index is 13.3. The van der Waals surface area contributed by atoms with Crippen LogP contribution in [0, 0.1) is 11.9 Å². The van der Waals surface area contributed by atoms with E-state index < -0.39 is 11.6 Å². The van der Waals surface area contributed by atoms with Gasteiger partial charge < -0.3 is 15.0 Å². The second kappa shape index (κ2) is 8.21. The number of phenolic OH excluding ortho intramolecular Hbond substituents is 1. The number of aromatic amines is 1. The van der Waals surface area contributed by atoms with E-state index in [4.69, 9.17) is 0 Å². The first-order valence-corrected chi connectivity index (χ1v) is 11.3. The van der Waals surface area contributed by atoms with Gasteiger partial charge in [-0.3, -0.25) is 14.4 Å². The first-order chi connectivity index (χ1) is 16.6. The number of rotatable bonds is 4. The highest BCUT2D eigenvalue weighted by atomic mass is 19.1. The number of aromatic nitrogens is 5. The van der Waals surface area contributed by atoms with E-state index in [2.05, 4.69) is 25.0 Å². The Labute approximate surface area is 194 Å². The van der Waals surface area contributed by atoms with Gasteiger partial charge in [0.1, 0.15) is 18.0 Å². The predicted octanol–water partition coefficient (Wildman–Crippen LogP) is 2.67. The van der Waals surface area contributed by atoms with Crippen LogP contribution in [0.4, 0.5) is 4.39 Å². The van der Waals surface area contributed by atoms with Crippen molar-refractivity contribution in [2.75, 3.05) is 26.2 Å². The number of benzene rings is 1. The number of phenols is 1. The van der Waals surface area contributed by atoms with Crippen LogP contribution in [-0.4, -0.2) is 77.8 Å². The summed E-state index contributed by atoms with van der Waals surface area (Å²) in [5.74, 6) is -1.39. The fourth-order valence-electron chi connectivity index (χ4n) is 4.81. The highest BCUT2D eigenvalue weighted by molar-refractivity contribution is 5.94. The normalized spacial score (nSPS) is 17.9. The fourth-order valence-corrected chi connectivity index (χ4v) is 4.81. The second-order valence-corrected chi connectivity index (χ2v) is 8.80. The molecule has 9 nitrogen and oxygen atoms in total. The lowest BCUT2D eigenvalue weighted by atomic mass is 9.97. The molecule has 1 aromatic carbocycles. The molecule has 4 aromatic rings. The number of piperidine rings is 1. The zero-order valence-electron chi connectivity index (χ0n) is 18.4. The lowest BCUT2D eigenvalue weighted by Crippen LogP contribution is -2.56. The van der Waals surface area contributed by atoms with Crippen LogP contribution < -0.4 is 0 Å². The van der Waals surface area contributed by atoms with E-state index in [0.717, 1.165) is 54.3 Å². The Morgan fingerprint density at radius 1 is 1.15 bits per heavy atom. The maximum Gasteiger partial charge on any atom is 0.253 e. The molecule has 2 saturated heterocycles. The standard InChI is InChI=1S/C24H23FN7O2/c25-20-2-1-15(9-21(20)33)24(34)30-7-4-17(5-8-30)31-12-18(13-31)32-11-16(10-29-32)22-19-3-6-26-23(19)28-14-27-22/h1-3,6,9-11,14,17,33H,4-5,7-8,12-13H2,(H,26,27,28). The molecule has 0 spiro atoms. The molecule has 0 unspecified atom stereocenters. The third-order valence-corrected chi connectivity index (χ3v) is 6.77. The predicted molar refractivity (Wildman–Crippen MR) is 122 cm³/mol. The minimum atomic E-state index is -0.723. The summed E-state index contributed by atoms with van der Waals surface area (Å²) in [7, 11) is 0. The highest BCUT2D eigenvalue weighted by Crippen LogP contribution is 2.30. The van der Waals surface area contributed by atoms with Gasteiger partial charge in [-0.15, -0.1) is 0 Å². The van der Waals surface area contributed by atoms with Crippen LogP contribution in [-0.2, 0) is 0 Å². The number of hydrogen-bond acceptors (Lipinski definition) is 6. The minimum Gasteiger partial charge on any atom is -0.505 e. The molecule has 173 valence electrons.